The van der Waals surface area contributed by atoms with Gasteiger partial charge in [-0.2, -0.15) is 0 Å². The van der Waals surface area contributed by atoms with E-state index in [9.17, 15) is 4.79 Å². The van der Waals surface area contributed by atoms with Gasteiger partial charge in [0, 0.05) is 18.8 Å². The van der Waals surface area contributed by atoms with E-state index in [-0.39, 0.29) is 5.91 Å². The molecule has 1 fully saturated rings. The monoisotopic (exact) mass is 279 g/mol. The van der Waals surface area contributed by atoms with E-state index >= 15 is 0 Å². The van der Waals surface area contributed by atoms with E-state index in [1.807, 2.05) is 4.90 Å². The number of thioether (sulfide) groups is 1. The largest absolute Gasteiger partial charge is 0.342 e. The van der Waals surface area contributed by atoms with Gasteiger partial charge < -0.3 is 9.88 Å². The van der Waals surface area contributed by atoms with Crippen molar-refractivity contribution in [2.24, 2.45) is 0 Å². The van der Waals surface area contributed by atoms with Crippen molar-refractivity contribution in [3.8, 4) is 0 Å². The Morgan fingerprint density at radius 1 is 1.16 bits per heavy atom. The molecule has 1 saturated heterocycles. The maximum Gasteiger partial charge on any atom is 0.233 e. The summed E-state index contributed by atoms with van der Waals surface area (Å²) in [6.07, 6.45) is 8.29. The van der Waals surface area contributed by atoms with E-state index in [4.69, 9.17) is 0 Å². The van der Waals surface area contributed by atoms with Gasteiger partial charge in [0.25, 0.3) is 0 Å². The number of rotatable bonds is 3. The van der Waals surface area contributed by atoms with Crippen molar-refractivity contribution in [2.75, 3.05) is 18.8 Å². The molecule has 3 rings (SSSR count). The zero-order valence-electron chi connectivity index (χ0n) is 11.3. The molecule has 2 aliphatic rings. The van der Waals surface area contributed by atoms with Gasteiger partial charge in [0.1, 0.15) is 0 Å². The molecule has 1 aliphatic heterocycles. The lowest BCUT2D eigenvalue weighted by Crippen LogP contribution is -2.36. The molecule has 1 N–H and O–H groups in total. The number of aryl methyl sites for hydroxylation is 2. The number of likely N-dealkylation sites (tertiary alicyclic amines) is 1. The van der Waals surface area contributed by atoms with Gasteiger partial charge in [-0.3, -0.25) is 4.79 Å². The highest BCUT2D eigenvalue weighted by Gasteiger charge is 2.18. The first kappa shape index (κ1) is 13.0. The summed E-state index contributed by atoms with van der Waals surface area (Å²) >= 11 is 1.56. The Balaban J connectivity index is 1.53. The van der Waals surface area contributed by atoms with Crippen molar-refractivity contribution in [3.63, 3.8) is 0 Å². The first-order valence-electron chi connectivity index (χ1n) is 7.31. The van der Waals surface area contributed by atoms with Gasteiger partial charge in [0.15, 0.2) is 5.16 Å². The van der Waals surface area contributed by atoms with E-state index in [1.165, 1.54) is 30.7 Å². The number of carbonyl (C=O) groups is 1. The predicted octanol–water partition coefficient (Wildman–Crippen LogP) is 2.39. The molecule has 1 aromatic rings. The fourth-order valence-electron chi connectivity index (χ4n) is 2.86. The average molecular weight is 279 g/mol. The molecule has 2 heterocycles. The molecule has 104 valence electrons. The Morgan fingerprint density at radius 2 is 1.95 bits per heavy atom. The van der Waals surface area contributed by atoms with Crippen molar-refractivity contribution in [3.05, 3.63) is 11.4 Å². The lowest BCUT2D eigenvalue weighted by Gasteiger charge is -2.26. The highest BCUT2D eigenvalue weighted by molar-refractivity contribution is 7.99. The van der Waals surface area contributed by atoms with Crippen LogP contribution in [0.5, 0.6) is 0 Å². The second-order valence-corrected chi connectivity index (χ2v) is 6.37. The number of aromatic nitrogens is 2. The lowest BCUT2D eigenvalue weighted by molar-refractivity contribution is -0.129. The molecule has 0 atom stereocenters. The first-order chi connectivity index (χ1) is 9.33. The molecule has 4 nitrogen and oxygen atoms in total. The zero-order chi connectivity index (χ0) is 13.1. The van der Waals surface area contributed by atoms with Crippen LogP contribution in [0.25, 0.3) is 0 Å². The van der Waals surface area contributed by atoms with E-state index in [0.29, 0.717) is 5.75 Å². The molecular weight excluding hydrogens is 258 g/mol. The SMILES string of the molecule is O=C(CSc1nc2c([nH]1)CCCC2)N1CCCCC1. The van der Waals surface area contributed by atoms with Crippen LogP contribution in [-0.4, -0.2) is 39.6 Å². The Bertz CT molecular complexity index is 428. The number of hydrogen-bond acceptors (Lipinski definition) is 3. The molecule has 0 saturated carbocycles. The van der Waals surface area contributed by atoms with Gasteiger partial charge >= 0.3 is 0 Å². The third kappa shape index (κ3) is 3.14. The van der Waals surface area contributed by atoms with Gasteiger partial charge in [-0.25, -0.2) is 4.98 Å². The van der Waals surface area contributed by atoms with Gasteiger partial charge in [0.2, 0.25) is 5.91 Å². The van der Waals surface area contributed by atoms with E-state index < -0.39 is 0 Å². The second kappa shape index (κ2) is 5.99. The van der Waals surface area contributed by atoms with E-state index in [2.05, 4.69) is 9.97 Å². The summed E-state index contributed by atoms with van der Waals surface area (Å²) in [5, 5.41) is 0.928. The molecule has 0 unspecified atom stereocenters. The quantitative estimate of drug-likeness (QED) is 0.864. The van der Waals surface area contributed by atoms with Crippen LogP contribution >= 0.6 is 11.8 Å². The Hall–Kier alpha value is -0.970. The van der Waals surface area contributed by atoms with Crippen LogP contribution in [0.2, 0.25) is 0 Å². The second-order valence-electron chi connectivity index (χ2n) is 5.40. The molecule has 1 aliphatic carbocycles. The number of piperidine rings is 1. The number of nitrogens with one attached hydrogen (secondary N) is 1. The number of carbonyl (C=O) groups excluding carboxylic acids is 1. The molecule has 0 bridgehead atoms. The zero-order valence-corrected chi connectivity index (χ0v) is 12.1. The fourth-order valence-corrected chi connectivity index (χ4v) is 3.67. The maximum absolute atomic E-state index is 12.1. The number of H-pyrrole nitrogens is 1. The molecule has 0 spiro atoms. The highest BCUT2D eigenvalue weighted by atomic mass is 32.2. The highest BCUT2D eigenvalue weighted by Crippen LogP contribution is 2.23. The Labute approximate surface area is 118 Å². The van der Waals surface area contributed by atoms with Crippen LogP contribution in [0.4, 0.5) is 0 Å². The smallest absolute Gasteiger partial charge is 0.233 e. The summed E-state index contributed by atoms with van der Waals surface area (Å²) in [5.41, 5.74) is 2.51. The van der Waals surface area contributed by atoms with Gasteiger partial charge in [0.05, 0.1) is 11.4 Å². The summed E-state index contributed by atoms with van der Waals surface area (Å²) in [5.74, 6) is 0.783. The molecule has 0 aromatic carbocycles. The Morgan fingerprint density at radius 3 is 2.74 bits per heavy atom. The first-order valence-corrected chi connectivity index (χ1v) is 8.30. The topological polar surface area (TPSA) is 49.0 Å². The minimum atomic E-state index is 0.263. The minimum Gasteiger partial charge on any atom is -0.342 e. The van der Waals surface area contributed by atoms with Crippen LogP contribution < -0.4 is 0 Å². The van der Waals surface area contributed by atoms with Gasteiger partial charge in [-0.1, -0.05) is 11.8 Å². The average Bonchev–Trinajstić information content (AvgIpc) is 2.88. The standard InChI is InChI=1S/C14H21N3OS/c18-13(17-8-4-1-5-9-17)10-19-14-15-11-6-2-3-7-12(11)16-14/h1-10H2,(H,15,16). The van der Waals surface area contributed by atoms with Crippen molar-refractivity contribution >= 4 is 17.7 Å². The van der Waals surface area contributed by atoms with E-state index in [1.54, 1.807) is 11.8 Å². The summed E-state index contributed by atoms with van der Waals surface area (Å²) in [7, 11) is 0. The third-order valence-corrected chi connectivity index (χ3v) is 4.83. The number of imidazole rings is 1. The molecular formula is C14H21N3OS. The molecule has 5 heteroatoms. The summed E-state index contributed by atoms with van der Waals surface area (Å²) in [4.78, 5) is 22.1. The summed E-state index contributed by atoms with van der Waals surface area (Å²) in [6, 6.07) is 0. The van der Waals surface area contributed by atoms with Crippen LogP contribution in [0.1, 0.15) is 43.5 Å². The van der Waals surface area contributed by atoms with Crippen LogP contribution in [-0.2, 0) is 17.6 Å². The van der Waals surface area contributed by atoms with Crippen LogP contribution in [0, 0.1) is 0 Å². The number of nitrogens with zero attached hydrogens (tertiary/aromatic N) is 2. The van der Waals surface area contributed by atoms with Crippen LogP contribution in [0.15, 0.2) is 5.16 Å². The molecule has 1 amide bonds. The Kier molecular flexibility index (Phi) is 4.11. The normalized spacial score (nSPS) is 19.3. The van der Waals surface area contributed by atoms with Crippen LogP contribution in [0.3, 0.4) is 0 Å². The van der Waals surface area contributed by atoms with Gasteiger partial charge in [-0.05, 0) is 44.9 Å². The van der Waals surface area contributed by atoms with Crippen molar-refractivity contribution in [1.82, 2.24) is 14.9 Å². The molecule has 1 aromatic heterocycles. The maximum atomic E-state index is 12.1. The lowest BCUT2D eigenvalue weighted by atomic mass is 10.0. The summed E-state index contributed by atoms with van der Waals surface area (Å²) in [6.45, 7) is 1.88. The number of hydrogen-bond donors (Lipinski definition) is 1. The van der Waals surface area contributed by atoms with Crippen molar-refractivity contribution in [1.29, 1.82) is 0 Å². The van der Waals surface area contributed by atoms with Crippen molar-refractivity contribution < 1.29 is 4.79 Å². The van der Waals surface area contributed by atoms with Crippen molar-refractivity contribution in [2.45, 2.75) is 50.1 Å². The fraction of sp³-hybridized carbons (Fsp3) is 0.714. The predicted molar refractivity (Wildman–Crippen MR) is 76.4 cm³/mol. The summed E-state index contributed by atoms with van der Waals surface area (Å²) < 4.78 is 0. The number of aromatic amines is 1. The minimum absolute atomic E-state index is 0.263. The number of amides is 1. The number of fused-ring (bicyclic) bond motifs is 1. The van der Waals surface area contributed by atoms with Gasteiger partial charge in [-0.15, -0.1) is 0 Å². The molecule has 0 radical (unpaired) electrons. The third-order valence-electron chi connectivity index (χ3n) is 3.97. The van der Waals surface area contributed by atoms with E-state index in [0.717, 1.165) is 43.9 Å². The molecule has 19 heavy (non-hydrogen) atoms.